The lowest BCUT2D eigenvalue weighted by atomic mass is 9.91. The molecule has 5 fully saturated rings. The molecule has 5 saturated heterocycles. The number of oxazole rings is 1. The Morgan fingerprint density at radius 2 is 0.697 bits per heavy atom. The summed E-state index contributed by atoms with van der Waals surface area (Å²) in [6.45, 7) is 38.1. The molecule has 0 unspecified atom stereocenters. The second-order valence-electron chi connectivity index (χ2n) is 34.3. The fourth-order valence-electron chi connectivity index (χ4n) is 14.0. The molecule has 5 amide bonds. The van der Waals surface area contributed by atoms with E-state index in [-0.39, 0.29) is 56.6 Å². The summed E-state index contributed by atoms with van der Waals surface area (Å²) < 4.78 is 5.71. The van der Waals surface area contributed by atoms with Crippen LogP contribution in [0.3, 0.4) is 0 Å². The van der Waals surface area contributed by atoms with Crippen molar-refractivity contribution in [3.8, 4) is 45.2 Å². The molecule has 0 saturated carbocycles. The Bertz CT molecular complexity index is 3840. The van der Waals surface area contributed by atoms with Crippen LogP contribution in [0.2, 0.25) is 0 Å². The summed E-state index contributed by atoms with van der Waals surface area (Å²) in [5.41, 5.74) is 6.62. The van der Waals surface area contributed by atoms with E-state index in [9.17, 15) is 24.0 Å². The summed E-state index contributed by atoms with van der Waals surface area (Å²) in [7, 11) is 0. The average Bonchev–Trinajstić information content (AvgIpc) is 1.38. The molecule has 0 spiro atoms. The summed E-state index contributed by atoms with van der Waals surface area (Å²) >= 11 is 6.90. The van der Waals surface area contributed by atoms with Gasteiger partial charge < -0.3 is 28.9 Å². The highest BCUT2D eigenvalue weighted by molar-refractivity contribution is 7.10. The number of rotatable bonds is 9. The van der Waals surface area contributed by atoms with E-state index in [2.05, 4.69) is 41.1 Å². The third kappa shape index (κ3) is 23.2. The molecule has 0 radical (unpaired) electrons. The van der Waals surface area contributed by atoms with E-state index in [4.69, 9.17) is 19.4 Å². The van der Waals surface area contributed by atoms with E-state index in [1.54, 1.807) is 76.4 Å². The molecule has 0 atom stereocenters. The Balaban J connectivity index is 0.000000146. The maximum atomic E-state index is 12.4. The number of piperidine rings is 5. The standard InChI is InChI=1S/C19H24N2O2.3C18H23N3OS.C13H20N2OS/c1-19(2,3)18(22)21-11-9-15(10-12-21)17-20-16(13-23-17)14-7-5-4-6-8-14;1-18(2,3)17(22)21-10-6-14(7-11-21)16-20-15(12-23-16)13-4-8-19-9-5-13;1-18(2,3)17(22)21-9-6-13(7-10-21)16-20-15(12-23-16)14-5-4-8-19-11-14;1-18(2,3)17(22)21-10-7-13(8-11-21)16-20-15(12-23-16)14-6-4-5-9-19-14;1-13(2,3)12(16)15-7-4-10(5-8-15)11-14-6-9-17-11/h4-8,13,15H,9-12H2,1-3H3;4-5,8-9,12,14H,6-7,10-11H2,1-3H3;4-5,8,11-13H,6-7,9-10H2,1-3H3;4-6,9,12-13H,7-8,10-11H2,1-3H3;6,9-10H,4-5,7-8H2,1-3H3. The second-order valence-corrected chi connectivity index (χ2v) is 37.9. The Hall–Kier alpha value is -8.25. The molecule has 19 nitrogen and oxygen atoms in total. The van der Waals surface area contributed by atoms with E-state index < -0.39 is 0 Å². The molecule has 0 N–H and O–H groups in total. The summed E-state index contributed by atoms with van der Waals surface area (Å²) in [6.07, 6.45) is 22.6. The van der Waals surface area contributed by atoms with Crippen LogP contribution in [0.4, 0.5) is 0 Å². The highest BCUT2D eigenvalue weighted by Crippen LogP contribution is 2.39. The average molecular weight is 1550 g/mol. The largest absolute Gasteiger partial charge is 0.448 e. The maximum absolute atomic E-state index is 12.4. The van der Waals surface area contributed by atoms with E-state index in [0.717, 1.165) is 181 Å². The lowest BCUT2D eigenvalue weighted by molar-refractivity contribution is -0.141. The minimum Gasteiger partial charge on any atom is -0.448 e. The van der Waals surface area contributed by atoms with Gasteiger partial charge in [0, 0.05) is 198 Å². The Morgan fingerprint density at radius 3 is 1.07 bits per heavy atom. The van der Waals surface area contributed by atoms with Crippen LogP contribution < -0.4 is 0 Å². The molecule has 14 rings (SSSR count). The van der Waals surface area contributed by atoms with Crippen molar-refractivity contribution < 1.29 is 28.4 Å². The molecule has 8 aromatic heterocycles. The van der Waals surface area contributed by atoms with Crippen LogP contribution in [0.25, 0.3) is 45.2 Å². The number of benzene rings is 1. The number of likely N-dealkylation sites (tertiary alicyclic amines) is 5. The van der Waals surface area contributed by atoms with E-state index in [0.29, 0.717) is 29.6 Å². The highest BCUT2D eigenvalue weighted by Gasteiger charge is 2.37. The van der Waals surface area contributed by atoms with Crippen molar-refractivity contribution in [1.82, 2.24) is 64.4 Å². The normalized spacial score (nSPS) is 16.9. The van der Waals surface area contributed by atoms with Gasteiger partial charge in [0.05, 0.1) is 42.8 Å². The molecule has 5 aliphatic rings. The van der Waals surface area contributed by atoms with Crippen molar-refractivity contribution >= 4 is 74.9 Å². The summed E-state index contributed by atoms with van der Waals surface area (Å²) in [4.78, 5) is 108. The summed E-state index contributed by atoms with van der Waals surface area (Å²) in [5, 5.41) is 13.1. The van der Waals surface area contributed by atoms with E-state index in [1.807, 2.05) is 219 Å². The molecule has 23 heteroatoms. The van der Waals surface area contributed by atoms with Gasteiger partial charge in [0.25, 0.3) is 0 Å². The molecule has 1 aromatic carbocycles. The minimum atomic E-state index is -0.309. The first-order chi connectivity index (χ1) is 51.8. The zero-order valence-corrected chi connectivity index (χ0v) is 70.0. The number of carbonyl (C=O) groups excluding carboxylic acids is 5. The van der Waals surface area contributed by atoms with Crippen molar-refractivity contribution in [3.05, 3.63) is 164 Å². The predicted molar refractivity (Wildman–Crippen MR) is 440 cm³/mol. The lowest BCUT2D eigenvalue weighted by Crippen LogP contribution is -2.43. The minimum absolute atomic E-state index is 0.230. The number of hydrogen-bond donors (Lipinski definition) is 0. The molecule has 5 aliphatic heterocycles. The fourth-order valence-corrected chi connectivity index (χ4v) is 17.8. The number of pyridine rings is 3. The number of thiazole rings is 4. The summed E-state index contributed by atoms with van der Waals surface area (Å²) in [6, 6.07) is 23.9. The maximum Gasteiger partial charge on any atom is 0.227 e. The zero-order valence-electron chi connectivity index (χ0n) is 66.7. The molecule has 582 valence electrons. The van der Waals surface area contributed by atoms with Gasteiger partial charge in [-0.3, -0.25) is 38.9 Å². The SMILES string of the molecule is CC(C)(C)C(=O)N1CCC(c2nc(-c3ccccc3)co2)CC1.CC(C)(C)C(=O)N1CCC(c2nc(-c3ccccn3)cs2)CC1.CC(C)(C)C(=O)N1CCC(c2nc(-c3cccnc3)cs2)CC1.CC(C)(C)C(=O)N1CCC(c2nc(-c3ccncc3)cs2)CC1.CC(C)(C)C(=O)N1CCC(c2nccs2)CC1. The third-order valence-electron chi connectivity index (χ3n) is 20.3. The van der Waals surface area contributed by atoms with Crippen molar-refractivity contribution in [1.29, 1.82) is 0 Å². The van der Waals surface area contributed by atoms with Gasteiger partial charge in [-0.15, -0.1) is 45.3 Å². The molecule has 0 aliphatic carbocycles. The summed E-state index contributed by atoms with van der Waals surface area (Å²) in [5.74, 6) is 4.32. The number of hydrogen-bond acceptors (Lipinski definition) is 18. The van der Waals surface area contributed by atoms with Crippen molar-refractivity contribution in [2.45, 2.75) is 198 Å². The van der Waals surface area contributed by atoms with Crippen LogP contribution in [-0.2, 0) is 24.0 Å². The van der Waals surface area contributed by atoms with E-state index >= 15 is 0 Å². The number of nitrogens with zero attached hydrogens (tertiary/aromatic N) is 13. The lowest BCUT2D eigenvalue weighted by Gasteiger charge is -2.35. The molecular formula is C86H113N13O6S4. The Kier molecular flexibility index (Phi) is 28.4. The van der Waals surface area contributed by atoms with Crippen molar-refractivity contribution in [2.24, 2.45) is 27.1 Å². The van der Waals surface area contributed by atoms with Gasteiger partial charge in [-0.1, -0.05) is 140 Å². The van der Waals surface area contributed by atoms with Gasteiger partial charge in [-0.25, -0.2) is 24.9 Å². The zero-order chi connectivity index (χ0) is 78.3. The quantitative estimate of drug-likeness (QED) is 0.131. The predicted octanol–water partition coefficient (Wildman–Crippen LogP) is 18.9. The van der Waals surface area contributed by atoms with Gasteiger partial charge >= 0.3 is 0 Å². The molecule has 0 bridgehead atoms. The van der Waals surface area contributed by atoms with Gasteiger partial charge in [0.2, 0.25) is 29.5 Å². The van der Waals surface area contributed by atoms with Crippen LogP contribution in [-0.4, -0.2) is 159 Å². The van der Waals surface area contributed by atoms with Crippen LogP contribution in [0.15, 0.2) is 142 Å². The van der Waals surface area contributed by atoms with Crippen LogP contribution in [0.1, 0.15) is 224 Å². The van der Waals surface area contributed by atoms with Crippen LogP contribution in [0.5, 0.6) is 0 Å². The van der Waals surface area contributed by atoms with Gasteiger partial charge in [0.1, 0.15) is 12.0 Å². The molecule has 109 heavy (non-hydrogen) atoms. The fraction of sp³-hybridized carbons (Fsp3) is 0.523. The number of amides is 5. The van der Waals surface area contributed by atoms with Crippen LogP contribution in [0, 0.1) is 27.1 Å². The molecule has 13 heterocycles. The van der Waals surface area contributed by atoms with E-state index in [1.165, 1.54) is 20.0 Å². The first kappa shape index (κ1) is 83.2. The van der Waals surface area contributed by atoms with Crippen LogP contribution >= 0.6 is 45.3 Å². The Labute approximate surface area is 662 Å². The molecular weight excluding hydrogens is 1440 g/mol. The van der Waals surface area contributed by atoms with Gasteiger partial charge in [-0.05, 0) is 101 Å². The van der Waals surface area contributed by atoms with Gasteiger partial charge in [-0.2, -0.15) is 0 Å². The third-order valence-corrected chi connectivity index (χ3v) is 24.3. The number of carbonyl (C=O) groups is 5. The van der Waals surface area contributed by atoms with Crippen molar-refractivity contribution in [3.63, 3.8) is 0 Å². The highest BCUT2D eigenvalue weighted by atomic mass is 32.1. The van der Waals surface area contributed by atoms with Gasteiger partial charge in [0.15, 0.2) is 5.89 Å². The second kappa shape index (κ2) is 37.2. The van der Waals surface area contributed by atoms with Crippen molar-refractivity contribution in [2.75, 3.05) is 65.4 Å². The topological polar surface area (TPSA) is 218 Å². The molecule has 9 aromatic rings. The first-order valence-corrected chi connectivity index (χ1v) is 42.3. The monoisotopic (exact) mass is 1550 g/mol. The smallest absolute Gasteiger partial charge is 0.227 e. The number of aromatic nitrogens is 8. The first-order valence-electron chi connectivity index (χ1n) is 38.7. The Morgan fingerprint density at radius 1 is 0.330 bits per heavy atom.